The predicted octanol–water partition coefficient (Wildman–Crippen LogP) is 4.63. The van der Waals surface area contributed by atoms with E-state index in [4.69, 9.17) is 9.47 Å². The standard InChI is InChI=1S/C18H27FO3/c1-3-5-6-7-8-9-17(18(20)21-4-2)22-14-15-10-12-16(19)13-11-15/h10-13,17H,3-9,14H2,1-2H3. The Morgan fingerprint density at radius 2 is 1.77 bits per heavy atom. The summed E-state index contributed by atoms with van der Waals surface area (Å²) in [6.45, 7) is 4.60. The molecule has 3 nitrogen and oxygen atoms in total. The molecule has 22 heavy (non-hydrogen) atoms. The smallest absolute Gasteiger partial charge is 0.335 e. The van der Waals surface area contributed by atoms with Crippen molar-refractivity contribution >= 4 is 5.97 Å². The summed E-state index contributed by atoms with van der Waals surface area (Å²) in [6.07, 6.45) is 5.79. The Labute approximate surface area is 132 Å². The second kappa shape index (κ2) is 11.2. The SMILES string of the molecule is CCCCCCCC(OCc1ccc(F)cc1)C(=O)OCC. The monoisotopic (exact) mass is 310 g/mol. The van der Waals surface area contributed by atoms with Crippen LogP contribution in [0.3, 0.4) is 0 Å². The molecule has 0 amide bonds. The highest BCUT2D eigenvalue weighted by Gasteiger charge is 2.20. The fraction of sp³-hybridized carbons (Fsp3) is 0.611. The second-order valence-corrected chi connectivity index (χ2v) is 5.38. The van der Waals surface area contributed by atoms with E-state index in [-0.39, 0.29) is 11.8 Å². The summed E-state index contributed by atoms with van der Waals surface area (Å²) in [5.74, 6) is -0.582. The summed E-state index contributed by atoms with van der Waals surface area (Å²) < 4.78 is 23.6. The topological polar surface area (TPSA) is 35.5 Å². The predicted molar refractivity (Wildman–Crippen MR) is 85.0 cm³/mol. The summed E-state index contributed by atoms with van der Waals surface area (Å²) >= 11 is 0. The zero-order chi connectivity index (χ0) is 16.2. The number of benzene rings is 1. The molecule has 0 bridgehead atoms. The lowest BCUT2D eigenvalue weighted by molar-refractivity contribution is -0.158. The van der Waals surface area contributed by atoms with E-state index in [1.807, 2.05) is 0 Å². The van der Waals surface area contributed by atoms with Gasteiger partial charge in [0.15, 0.2) is 6.10 Å². The van der Waals surface area contributed by atoms with Crippen LogP contribution in [0.1, 0.15) is 57.9 Å². The molecule has 0 aliphatic heterocycles. The first-order chi connectivity index (χ1) is 10.7. The molecule has 124 valence electrons. The number of hydrogen-bond donors (Lipinski definition) is 0. The number of carbonyl (C=O) groups excluding carboxylic acids is 1. The Balaban J connectivity index is 2.43. The van der Waals surface area contributed by atoms with Gasteiger partial charge in [-0.15, -0.1) is 0 Å². The maximum Gasteiger partial charge on any atom is 0.335 e. The van der Waals surface area contributed by atoms with Crippen molar-refractivity contribution in [2.45, 2.75) is 65.1 Å². The molecule has 0 saturated heterocycles. The maximum absolute atomic E-state index is 12.9. The van der Waals surface area contributed by atoms with Crippen LogP contribution in [0.25, 0.3) is 0 Å². The van der Waals surface area contributed by atoms with E-state index in [1.54, 1.807) is 19.1 Å². The molecule has 0 heterocycles. The minimum absolute atomic E-state index is 0.276. The third-order valence-electron chi connectivity index (χ3n) is 3.48. The van der Waals surface area contributed by atoms with Crippen molar-refractivity contribution < 1.29 is 18.7 Å². The Kier molecular flexibility index (Phi) is 9.47. The Morgan fingerprint density at radius 3 is 2.41 bits per heavy atom. The lowest BCUT2D eigenvalue weighted by Gasteiger charge is -2.16. The average molecular weight is 310 g/mol. The molecule has 0 saturated carbocycles. The van der Waals surface area contributed by atoms with Gasteiger partial charge in [-0.2, -0.15) is 0 Å². The van der Waals surface area contributed by atoms with Crippen molar-refractivity contribution in [2.75, 3.05) is 6.61 Å². The summed E-state index contributed by atoms with van der Waals surface area (Å²) in [4.78, 5) is 11.9. The molecule has 0 radical (unpaired) electrons. The molecular weight excluding hydrogens is 283 g/mol. The van der Waals surface area contributed by atoms with Gasteiger partial charge in [-0.05, 0) is 31.0 Å². The molecule has 4 heteroatoms. The number of esters is 1. The van der Waals surface area contributed by atoms with Crippen molar-refractivity contribution in [3.05, 3.63) is 35.6 Å². The molecule has 0 fully saturated rings. The number of ether oxygens (including phenoxy) is 2. The number of unbranched alkanes of at least 4 members (excludes halogenated alkanes) is 4. The highest BCUT2D eigenvalue weighted by atomic mass is 19.1. The number of halogens is 1. The summed E-state index contributed by atoms with van der Waals surface area (Å²) in [6, 6.07) is 6.11. The minimum atomic E-state index is -0.536. The largest absolute Gasteiger partial charge is 0.464 e. The highest BCUT2D eigenvalue weighted by Crippen LogP contribution is 2.13. The molecule has 1 rings (SSSR count). The van der Waals surface area contributed by atoms with Crippen LogP contribution < -0.4 is 0 Å². The van der Waals surface area contributed by atoms with Gasteiger partial charge in [0, 0.05) is 0 Å². The second-order valence-electron chi connectivity index (χ2n) is 5.38. The van der Waals surface area contributed by atoms with Crippen molar-refractivity contribution in [3.63, 3.8) is 0 Å². The number of hydrogen-bond acceptors (Lipinski definition) is 3. The van der Waals surface area contributed by atoms with Crippen LogP contribution in [0.2, 0.25) is 0 Å². The van der Waals surface area contributed by atoms with E-state index in [0.717, 1.165) is 18.4 Å². The molecule has 0 spiro atoms. The van der Waals surface area contributed by atoms with Crippen molar-refractivity contribution in [1.82, 2.24) is 0 Å². The third kappa shape index (κ3) is 7.55. The minimum Gasteiger partial charge on any atom is -0.464 e. The first-order valence-corrected chi connectivity index (χ1v) is 8.20. The van der Waals surface area contributed by atoms with Crippen LogP contribution in [0, 0.1) is 5.82 Å². The fourth-order valence-electron chi connectivity index (χ4n) is 2.22. The molecule has 0 aliphatic carbocycles. The maximum atomic E-state index is 12.9. The van der Waals surface area contributed by atoms with Gasteiger partial charge in [-0.1, -0.05) is 51.2 Å². The molecule has 0 N–H and O–H groups in total. The zero-order valence-electron chi connectivity index (χ0n) is 13.6. The highest BCUT2D eigenvalue weighted by molar-refractivity contribution is 5.74. The molecule has 0 aliphatic rings. The Hall–Kier alpha value is -1.42. The third-order valence-corrected chi connectivity index (χ3v) is 3.48. The van der Waals surface area contributed by atoms with Crippen LogP contribution in [0.5, 0.6) is 0 Å². The molecule has 1 unspecified atom stereocenters. The first kappa shape index (κ1) is 18.6. The van der Waals surface area contributed by atoms with E-state index in [9.17, 15) is 9.18 Å². The van der Waals surface area contributed by atoms with E-state index < -0.39 is 6.10 Å². The Morgan fingerprint density at radius 1 is 1.09 bits per heavy atom. The molecular formula is C18H27FO3. The van der Waals surface area contributed by atoms with Gasteiger partial charge in [0.1, 0.15) is 5.82 Å². The van der Waals surface area contributed by atoms with Crippen LogP contribution in [0.15, 0.2) is 24.3 Å². The zero-order valence-corrected chi connectivity index (χ0v) is 13.6. The van der Waals surface area contributed by atoms with E-state index in [0.29, 0.717) is 19.6 Å². The van der Waals surface area contributed by atoms with Crippen molar-refractivity contribution in [2.24, 2.45) is 0 Å². The van der Waals surface area contributed by atoms with Crippen molar-refractivity contribution in [3.8, 4) is 0 Å². The normalized spacial score (nSPS) is 12.1. The fourth-order valence-corrected chi connectivity index (χ4v) is 2.22. The van der Waals surface area contributed by atoms with E-state index >= 15 is 0 Å². The van der Waals surface area contributed by atoms with Crippen LogP contribution in [-0.2, 0) is 20.9 Å². The van der Waals surface area contributed by atoms with E-state index in [2.05, 4.69) is 6.92 Å². The molecule has 1 atom stereocenters. The van der Waals surface area contributed by atoms with Crippen molar-refractivity contribution in [1.29, 1.82) is 0 Å². The average Bonchev–Trinajstić information content (AvgIpc) is 2.52. The van der Waals surface area contributed by atoms with Gasteiger partial charge in [0.2, 0.25) is 0 Å². The van der Waals surface area contributed by atoms with Gasteiger partial charge in [-0.25, -0.2) is 9.18 Å². The quantitative estimate of drug-likeness (QED) is 0.441. The van der Waals surface area contributed by atoms with Gasteiger partial charge in [0.25, 0.3) is 0 Å². The van der Waals surface area contributed by atoms with Gasteiger partial charge < -0.3 is 9.47 Å². The summed E-state index contributed by atoms with van der Waals surface area (Å²) in [5.41, 5.74) is 0.849. The lowest BCUT2D eigenvalue weighted by atomic mass is 10.1. The van der Waals surface area contributed by atoms with Crippen LogP contribution in [0.4, 0.5) is 4.39 Å². The van der Waals surface area contributed by atoms with Crippen LogP contribution >= 0.6 is 0 Å². The first-order valence-electron chi connectivity index (χ1n) is 8.20. The summed E-state index contributed by atoms with van der Waals surface area (Å²) in [7, 11) is 0. The van der Waals surface area contributed by atoms with Gasteiger partial charge in [0.05, 0.1) is 13.2 Å². The molecule has 1 aromatic rings. The molecule has 1 aromatic carbocycles. The number of rotatable bonds is 11. The molecule has 0 aromatic heterocycles. The Bertz CT molecular complexity index is 417. The lowest BCUT2D eigenvalue weighted by Crippen LogP contribution is -2.26. The van der Waals surface area contributed by atoms with Gasteiger partial charge in [-0.3, -0.25) is 0 Å². The van der Waals surface area contributed by atoms with Crippen LogP contribution in [-0.4, -0.2) is 18.7 Å². The summed E-state index contributed by atoms with van der Waals surface area (Å²) in [5, 5.41) is 0. The van der Waals surface area contributed by atoms with E-state index in [1.165, 1.54) is 31.4 Å². The number of carbonyl (C=O) groups is 1. The van der Waals surface area contributed by atoms with Gasteiger partial charge >= 0.3 is 5.97 Å².